The summed E-state index contributed by atoms with van der Waals surface area (Å²) in [6, 6.07) is 6.91. The fourth-order valence-electron chi connectivity index (χ4n) is 3.30. The van der Waals surface area contributed by atoms with Crippen LogP contribution in [0.3, 0.4) is 0 Å². The van der Waals surface area contributed by atoms with E-state index in [9.17, 15) is 13.5 Å². The summed E-state index contributed by atoms with van der Waals surface area (Å²) in [7, 11) is -0.403. The summed E-state index contributed by atoms with van der Waals surface area (Å²) in [5, 5.41) is 13.7. The average Bonchev–Trinajstić information content (AvgIpc) is 3.23. The average molecular weight is 349 g/mol. The molecule has 0 saturated heterocycles. The molecule has 1 N–H and O–H groups in total. The lowest BCUT2D eigenvalue weighted by atomic mass is 10.1. The van der Waals surface area contributed by atoms with Crippen molar-refractivity contribution in [3.8, 4) is 0 Å². The molecule has 0 atom stereocenters. The van der Waals surface area contributed by atoms with Gasteiger partial charge in [-0.25, -0.2) is 8.42 Å². The van der Waals surface area contributed by atoms with Gasteiger partial charge in [-0.3, -0.25) is 8.99 Å². The Balaban J connectivity index is 2.01. The Kier molecular flexibility index (Phi) is 4.64. The first-order valence-electron chi connectivity index (χ1n) is 8.15. The fraction of sp³-hybridized carbons (Fsp3) is 0.471. The Bertz CT molecular complexity index is 823. The first kappa shape index (κ1) is 17.0. The molecular formula is C17H23N3O3S. The molecule has 130 valence electrons. The number of anilines is 1. The Morgan fingerprint density at radius 3 is 2.71 bits per heavy atom. The zero-order valence-electron chi connectivity index (χ0n) is 14.0. The van der Waals surface area contributed by atoms with Crippen LogP contribution in [0.2, 0.25) is 0 Å². The van der Waals surface area contributed by atoms with Gasteiger partial charge in [0, 0.05) is 26.2 Å². The number of aliphatic hydroxyl groups is 1. The maximum Gasteiger partial charge on any atom is 0.267 e. The van der Waals surface area contributed by atoms with E-state index in [0.717, 1.165) is 25.7 Å². The quantitative estimate of drug-likeness (QED) is 0.899. The zero-order valence-corrected chi connectivity index (χ0v) is 14.8. The molecule has 0 unspecified atom stereocenters. The summed E-state index contributed by atoms with van der Waals surface area (Å²) in [5.74, 6) is 0.216. The van der Waals surface area contributed by atoms with Crippen molar-refractivity contribution in [2.45, 2.75) is 43.1 Å². The number of benzene rings is 1. The monoisotopic (exact) mass is 349 g/mol. The van der Waals surface area contributed by atoms with Crippen molar-refractivity contribution in [2.75, 3.05) is 11.4 Å². The number of rotatable bonds is 5. The van der Waals surface area contributed by atoms with Crippen LogP contribution < -0.4 is 4.31 Å². The maximum absolute atomic E-state index is 13.1. The molecule has 1 saturated carbocycles. The van der Waals surface area contributed by atoms with E-state index in [4.69, 9.17) is 0 Å². The molecule has 0 radical (unpaired) electrons. The number of sulfonamides is 1. The minimum Gasteiger partial charge on any atom is -0.392 e. The highest BCUT2D eigenvalue weighted by molar-refractivity contribution is 7.92. The van der Waals surface area contributed by atoms with Gasteiger partial charge in [0.25, 0.3) is 10.0 Å². The van der Waals surface area contributed by atoms with Gasteiger partial charge in [0.2, 0.25) is 0 Å². The largest absolute Gasteiger partial charge is 0.392 e. The van der Waals surface area contributed by atoms with Gasteiger partial charge in [0.1, 0.15) is 4.90 Å². The molecule has 1 heterocycles. The summed E-state index contributed by atoms with van der Waals surface area (Å²) >= 11 is 0. The Hall–Kier alpha value is -1.86. The Morgan fingerprint density at radius 2 is 2.04 bits per heavy atom. The highest BCUT2D eigenvalue weighted by atomic mass is 32.2. The molecule has 7 heteroatoms. The van der Waals surface area contributed by atoms with E-state index < -0.39 is 10.0 Å². The van der Waals surface area contributed by atoms with Gasteiger partial charge in [-0.1, -0.05) is 25.0 Å². The van der Waals surface area contributed by atoms with Crippen LogP contribution in [0.5, 0.6) is 0 Å². The van der Waals surface area contributed by atoms with Gasteiger partial charge in [0.15, 0.2) is 0 Å². The van der Waals surface area contributed by atoms with Crippen LogP contribution in [0.1, 0.15) is 42.9 Å². The molecule has 0 aliphatic heterocycles. The molecule has 24 heavy (non-hydrogen) atoms. The van der Waals surface area contributed by atoms with Crippen molar-refractivity contribution in [3.05, 3.63) is 41.7 Å². The lowest BCUT2D eigenvalue weighted by Gasteiger charge is -2.20. The van der Waals surface area contributed by atoms with Gasteiger partial charge in [-0.15, -0.1) is 0 Å². The summed E-state index contributed by atoms with van der Waals surface area (Å²) in [6.45, 7) is -0.123. The number of aliphatic hydroxyl groups excluding tert-OH is 1. The predicted molar refractivity (Wildman–Crippen MR) is 92.4 cm³/mol. The topological polar surface area (TPSA) is 75.4 Å². The molecule has 1 aromatic carbocycles. The van der Waals surface area contributed by atoms with Crippen molar-refractivity contribution in [2.24, 2.45) is 7.05 Å². The predicted octanol–water partition coefficient (Wildman–Crippen LogP) is 2.40. The molecule has 0 amide bonds. The van der Waals surface area contributed by atoms with Gasteiger partial charge in [-0.05, 0) is 30.5 Å². The molecule has 6 nitrogen and oxygen atoms in total. The summed E-state index contributed by atoms with van der Waals surface area (Å²) in [5.41, 5.74) is 1.89. The van der Waals surface area contributed by atoms with Crippen LogP contribution >= 0.6 is 0 Å². The second-order valence-electron chi connectivity index (χ2n) is 6.33. The summed E-state index contributed by atoms with van der Waals surface area (Å²) in [4.78, 5) is 0.286. The van der Waals surface area contributed by atoms with E-state index in [1.807, 2.05) is 0 Å². The number of nitrogens with zero attached hydrogens (tertiary/aromatic N) is 3. The first-order chi connectivity index (χ1) is 11.4. The third-order valence-corrected chi connectivity index (χ3v) is 6.46. The standard InChI is InChI=1S/C17H23N3O3S/c1-19-11-16(17(18-19)14-7-3-4-8-14)24(22,23)20(2)15-9-5-6-13(10-15)12-21/h5-6,9-11,14,21H,3-4,7-8,12H2,1-2H3. The second kappa shape index (κ2) is 6.57. The third-order valence-electron chi connectivity index (χ3n) is 4.66. The second-order valence-corrected chi connectivity index (χ2v) is 8.27. The maximum atomic E-state index is 13.1. The minimum atomic E-state index is -3.70. The highest BCUT2D eigenvalue weighted by Crippen LogP contribution is 2.37. The Labute approximate surface area is 142 Å². The smallest absolute Gasteiger partial charge is 0.267 e. The van der Waals surface area contributed by atoms with E-state index in [0.29, 0.717) is 16.9 Å². The fourth-order valence-corrected chi connectivity index (χ4v) is 4.75. The van der Waals surface area contributed by atoms with Crippen LogP contribution in [0.4, 0.5) is 5.69 Å². The van der Waals surface area contributed by atoms with E-state index in [1.54, 1.807) is 42.2 Å². The SMILES string of the molecule is CN(c1cccc(CO)c1)S(=O)(=O)c1cn(C)nc1C1CCCC1. The van der Waals surface area contributed by atoms with Crippen molar-refractivity contribution < 1.29 is 13.5 Å². The lowest BCUT2D eigenvalue weighted by molar-refractivity contribution is 0.282. The van der Waals surface area contributed by atoms with E-state index in [1.165, 1.54) is 11.4 Å². The van der Waals surface area contributed by atoms with E-state index >= 15 is 0 Å². The molecule has 1 aliphatic carbocycles. The van der Waals surface area contributed by atoms with Crippen LogP contribution in [0.25, 0.3) is 0 Å². The molecule has 3 rings (SSSR count). The molecule has 1 aliphatic rings. The van der Waals surface area contributed by atoms with Gasteiger partial charge in [0.05, 0.1) is 18.0 Å². The van der Waals surface area contributed by atoms with Crippen molar-refractivity contribution in [1.29, 1.82) is 0 Å². The summed E-state index contributed by atoms with van der Waals surface area (Å²) in [6.07, 6.45) is 5.81. The molecule has 1 aromatic heterocycles. The first-order valence-corrected chi connectivity index (χ1v) is 9.59. The van der Waals surface area contributed by atoms with Crippen LogP contribution in [-0.2, 0) is 23.7 Å². The normalized spacial score (nSPS) is 15.8. The van der Waals surface area contributed by atoms with Gasteiger partial charge < -0.3 is 5.11 Å². The highest BCUT2D eigenvalue weighted by Gasteiger charge is 2.32. The number of aryl methyl sites for hydroxylation is 1. The van der Waals surface area contributed by atoms with Crippen molar-refractivity contribution in [3.63, 3.8) is 0 Å². The van der Waals surface area contributed by atoms with Crippen LogP contribution in [-0.4, -0.2) is 30.4 Å². The lowest BCUT2D eigenvalue weighted by Crippen LogP contribution is -2.27. The molecule has 0 bridgehead atoms. The minimum absolute atomic E-state index is 0.123. The van der Waals surface area contributed by atoms with Crippen molar-refractivity contribution in [1.82, 2.24) is 9.78 Å². The number of hydrogen-bond donors (Lipinski definition) is 1. The third kappa shape index (κ3) is 3.06. The zero-order chi connectivity index (χ0) is 17.3. The van der Waals surface area contributed by atoms with Crippen molar-refractivity contribution >= 4 is 15.7 Å². The molecule has 0 spiro atoms. The van der Waals surface area contributed by atoms with E-state index in [-0.39, 0.29) is 17.4 Å². The van der Waals surface area contributed by atoms with Gasteiger partial charge >= 0.3 is 0 Å². The molecule has 2 aromatic rings. The summed E-state index contributed by atoms with van der Waals surface area (Å²) < 4.78 is 29.1. The molecule has 1 fully saturated rings. The number of hydrogen-bond acceptors (Lipinski definition) is 4. The van der Waals surface area contributed by atoms with E-state index in [2.05, 4.69) is 5.10 Å². The van der Waals surface area contributed by atoms with Crippen LogP contribution in [0.15, 0.2) is 35.4 Å². The molecular weight excluding hydrogens is 326 g/mol. The Morgan fingerprint density at radius 1 is 1.33 bits per heavy atom. The number of aromatic nitrogens is 2. The van der Waals surface area contributed by atoms with Gasteiger partial charge in [-0.2, -0.15) is 5.10 Å². The van der Waals surface area contributed by atoms with Crippen LogP contribution in [0, 0.1) is 0 Å².